The van der Waals surface area contributed by atoms with Crippen molar-refractivity contribution >= 4 is 11.9 Å². The summed E-state index contributed by atoms with van der Waals surface area (Å²) in [5.74, 6) is -1.22. The van der Waals surface area contributed by atoms with Crippen molar-refractivity contribution < 1.29 is 19.8 Å². The molecule has 1 unspecified atom stereocenters. The SMILES string of the molecule is CC1(C)CCCCC1C(=O)N1C[C@@H](O)C[C@H]1C(=O)O. The molecule has 5 nitrogen and oxygen atoms in total. The second-order valence-electron chi connectivity index (χ2n) is 6.52. The minimum Gasteiger partial charge on any atom is -0.480 e. The van der Waals surface area contributed by atoms with Crippen LogP contribution in [0.2, 0.25) is 0 Å². The Morgan fingerprint density at radius 1 is 1.26 bits per heavy atom. The van der Waals surface area contributed by atoms with E-state index in [0.717, 1.165) is 25.7 Å². The summed E-state index contributed by atoms with van der Waals surface area (Å²) >= 11 is 0. The van der Waals surface area contributed by atoms with Crippen molar-refractivity contribution in [1.82, 2.24) is 4.90 Å². The van der Waals surface area contributed by atoms with E-state index < -0.39 is 18.1 Å². The van der Waals surface area contributed by atoms with Gasteiger partial charge in [0.2, 0.25) is 5.91 Å². The van der Waals surface area contributed by atoms with E-state index in [0.29, 0.717) is 0 Å². The van der Waals surface area contributed by atoms with Gasteiger partial charge in [-0.25, -0.2) is 4.79 Å². The lowest BCUT2D eigenvalue weighted by molar-refractivity contribution is -0.152. The van der Waals surface area contributed by atoms with Crippen molar-refractivity contribution in [3.8, 4) is 0 Å². The molecule has 108 valence electrons. The van der Waals surface area contributed by atoms with Gasteiger partial charge < -0.3 is 15.1 Å². The summed E-state index contributed by atoms with van der Waals surface area (Å²) in [4.78, 5) is 25.2. The molecule has 2 N–H and O–H groups in total. The Bertz CT molecular complexity index is 380. The first-order chi connectivity index (χ1) is 8.83. The van der Waals surface area contributed by atoms with Gasteiger partial charge in [0.1, 0.15) is 6.04 Å². The zero-order valence-electron chi connectivity index (χ0n) is 11.6. The summed E-state index contributed by atoms with van der Waals surface area (Å²) in [6.07, 6.45) is 3.41. The predicted molar refractivity (Wildman–Crippen MR) is 69.5 cm³/mol. The predicted octanol–water partition coefficient (Wildman–Crippen LogP) is 1.25. The van der Waals surface area contributed by atoms with Crippen LogP contribution in [-0.2, 0) is 9.59 Å². The lowest BCUT2D eigenvalue weighted by Crippen LogP contribution is -2.48. The highest BCUT2D eigenvalue weighted by molar-refractivity contribution is 5.86. The molecule has 1 heterocycles. The average molecular weight is 269 g/mol. The number of carbonyl (C=O) groups excluding carboxylic acids is 1. The Balaban J connectivity index is 2.16. The van der Waals surface area contributed by atoms with Gasteiger partial charge in [-0.3, -0.25) is 4.79 Å². The van der Waals surface area contributed by atoms with Crippen molar-refractivity contribution in [2.45, 2.75) is 58.1 Å². The Morgan fingerprint density at radius 3 is 2.53 bits per heavy atom. The maximum Gasteiger partial charge on any atom is 0.326 e. The summed E-state index contributed by atoms with van der Waals surface area (Å²) in [6, 6.07) is -0.861. The van der Waals surface area contributed by atoms with E-state index in [1.807, 2.05) is 0 Å². The topological polar surface area (TPSA) is 77.8 Å². The first-order valence-corrected chi connectivity index (χ1v) is 7.04. The van der Waals surface area contributed by atoms with Gasteiger partial charge in [0, 0.05) is 18.9 Å². The third-order valence-electron chi connectivity index (χ3n) is 4.65. The van der Waals surface area contributed by atoms with Gasteiger partial charge >= 0.3 is 5.97 Å². The number of hydrogen-bond acceptors (Lipinski definition) is 3. The van der Waals surface area contributed by atoms with E-state index in [4.69, 9.17) is 0 Å². The summed E-state index contributed by atoms with van der Waals surface area (Å²) in [5.41, 5.74) is -0.0775. The molecule has 0 aromatic carbocycles. The van der Waals surface area contributed by atoms with E-state index in [1.165, 1.54) is 4.90 Å². The third-order valence-corrected chi connectivity index (χ3v) is 4.65. The van der Waals surface area contributed by atoms with E-state index in [-0.39, 0.29) is 30.2 Å². The second kappa shape index (κ2) is 5.12. The van der Waals surface area contributed by atoms with E-state index in [9.17, 15) is 19.8 Å². The van der Waals surface area contributed by atoms with Crippen LogP contribution in [0.15, 0.2) is 0 Å². The first-order valence-electron chi connectivity index (χ1n) is 7.04. The standard InChI is InChI=1S/C14H23NO4/c1-14(2)6-4-3-5-10(14)12(17)15-8-9(16)7-11(15)13(18)19/h9-11,16H,3-8H2,1-2H3,(H,18,19)/t9-,10?,11-/m0/s1. The molecule has 19 heavy (non-hydrogen) atoms. The van der Waals surface area contributed by atoms with Crippen LogP contribution in [0.1, 0.15) is 46.0 Å². The largest absolute Gasteiger partial charge is 0.480 e. The highest BCUT2D eigenvalue weighted by Crippen LogP contribution is 2.42. The van der Waals surface area contributed by atoms with Crippen molar-refractivity contribution in [1.29, 1.82) is 0 Å². The number of likely N-dealkylation sites (tertiary alicyclic amines) is 1. The molecular weight excluding hydrogens is 246 g/mol. The van der Waals surface area contributed by atoms with Crippen LogP contribution in [0, 0.1) is 11.3 Å². The summed E-state index contributed by atoms with van der Waals surface area (Å²) in [7, 11) is 0. The average Bonchev–Trinajstić information content (AvgIpc) is 2.70. The highest BCUT2D eigenvalue weighted by atomic mass is 16.4. The molecule has 2 fully saturated rings. The van der Waals surface area contributed by atoms with Gasteiger partial charge in [-0.05, 0) is 18.3 Å². The van der Waals surface area contributed by atoms with Gasteiger partial charge in [-0.1, -0.05) is 26.7 Å². The van der Waals surface area contributed by atoms with Crippen LogP contribution in [-0.4, -0.2) is 45.7 Å². The number of amides is 1. The van der Waals surface area contributed by atoms with Crippen molar-refractivity contribution in [2.24, 2.45) is 11.3 Å². The van der Waals surface area contributed by atoms with E-state index >= 15 is 0 Å². The van der Waals surface area contributed by atoms with Crippen LogP contribution < -0.4 is 0 Å². The molecule has 1 aliphatic heterocycles. The molecule has 1 amide bonds. The number of hydrogen-bond donors (Lipinski definition) is 2. The minimum atomic E-state index is -1.02. The number of aliphatic hydroxyl groups excluding tert-OH is 1. The Labute approximate surface area is 113 Å². The molecule has 0 aromatic rings. The van der Waals surface area contributed by atoms with E-state index in [1.54, 1.807) is 0 Å². The molecule has 1 saturated heterocycles. The molecule has 5 heteroatoms. The van der Waals surface area contributed by atoms with Crippen molar-refractivity contribution in [2.75, 3.05) is 6.54 Å². The maximum absolute atomic E-state index is 12.6. The van der Waals surface area contributed by atoms with Crippen LogP contribution in [0.25, 0.3) is 0 Å². The molecule has 1 aliphatic carbocycles. The van der Waals surface area contributed by atoms with Gasteiger partial charge in [0.25, 0.3) is 0 Å². The van der Waals surface area contributed by atoms with Crippen LogP contribution in [0.3, 0.4) is 0 Å². The fraction of sp³-hybridized carbons (Fsp3) is 0.857. The third kappa shape index (κ3) is 2.76. The smallest absolute Gasteiger partial charge is 0.326 e. The number of carboxylic acids is 1. The van der Waals surface area contributed by atoms with Crippen molar-refractivity contribution in [3.05, 3.63) is 0 Å². The number of nitrogens with zero attached hydrogens (tertiary/aromatic N) is 1. The zero-order chi connectivity index (χ0) is 14.2. The minimum absolute atomic E-state index is 0.0775. The molecule has 1 saturated carbocycles. The zero-order valence-corrected chi connectivity index (χ0v) is 11.6. The maximum atomic E-state index is 12.6. The van der Waals surface area contributed by atoms with Gasteiger partial charge in [0.15, 0.2) is 0 Å². The van der Waals surface area contributed by atoms with Crippen LogP contribution in [0.4, 0.5) is 0 Å². The Kier molecular flexibility index (Phi) is 3.85. The fourth-order valence-corrected chi connectivity index (χ4v) is 3.44. The molecule has 0 bridgehead atoms. The number of aliphatic carboxylic acids is 1. The number of carboxylic acid groups (broad SMARTS) is 1. The summed E-state index contributed by atoms with van der Waals surface area (Å²) in [5, 5.41) is 18.8. The van der Waals surface area contributed by atoms with Crippen LogP contribution in [0.5, 0.6) is 0 Å². The number of aliphatic hydroxyl groups is 1. The molecule has 0 radical (unpaired) electrons. The molecule has 0 aromatic heterocycles. The lowest BCUT2D eigenvalue weighted by Gasteiger charge is -2.40. The summed E-state index contributed by atoms with van der Waals surface area (Å²) in [6.45, 7) is 4.32. The lowest BCUT2D eigenvalue weighted by atomic mass is 9.68. The van der Waals surface area contributed by atoms with Gasteiger partial charge in [-0.2, -0.15) is 0 Å². The molecule has 2 aliphatic rings. The fourth-order valence-electron chi connectivity index (χ4n) is 3.44. The summed E-state index contributed by atoms with van der Waals surface area (Å²) < 4.78 is 0. The molecular formula is C14H23NO4. The number of rotatable bonds is 2. The number of carbonyl (C=O) groups is 2. The second-order valence-corrected chi connectivity index (χ2v) is 6.52. The Hall–Kier alpha value is -1.10. The molecule has 3 atom stereocenters. The highest BCUT2D eigenvalue weighted by Gasteiger charge is 2.45. The quantitative estimate of drug-likeness (QED) is 0.791. The van der Waals surface area contributed by atoms with Gasteiger partial charge in [0.05, 0.1) is 6.10 Å². The normalized spacial score (nSPS) is 34.3. The monoisotopic (exact) mass is 269 g/mol. The van der Waals surface area contributed by atoms with Gasteiger partial charge in [-0.15, -0.1) is 0 Å². The van der Waals surface area contributed by atoms with Crippen LogP contribution >= 0.6 is 0 Å². The Morgan fingerprint density at radius 2 is 1.95 bits per heavy atom. The first kappa shape index (κ1) is 14.3. The number of β-amino-alcohol motifs (C(OH)–C–C–N with tert-alkyl or cyclic N) is 1. The molecule has 0 spiro atoms. The molecule has 2 rings (SSSR count). The van der Waals surface area contributed by atoms with E-state index in [2.05, 4.69) is 13.8 Å². The van der Waals surface area contributed by atoms with Crippen molar-refractivity contribution in [3.63, 3.8) is 0 Å².